The van der Waals surface area contributed by atoms with Crippen LogP contribution in [0.1, 0.15) is 23.3 Å². The molecule has 2 heterocycles. The van der Waals surface area contributed by atoms with E-state index in [-0.39, 0.29) is 11.8 Å². The van der Waals surface area contributed by atoms with Crippen molar-refractivity contribution in [3.63, 3.8) is 0 Å². The molecule has 1 aromatic heterocycles. The predicted molar refractivity (Wildman–Crippen MR) is 68.6 cm³/mol. The number of piperidine rings is 1. The van der Waals surface area contributed by atoms with Crippen LogP contribution >= 0.6 is 0 Å². The minimum absolute atomic E-state index is 0.113. The van der Waals surface area contributed by atoms with Crippen molar-refractivity contribution in [2.24, 2.45) is 0 Å². The number of para-hydroxylation sites is 1. The van der Waals surface area contributed by atoms with Gasteiger partial charge in [-0.3, -0.25) is 4.79 Å². The third-order valence-corrected chi connectivity index (χ3v) is 3.57. The van der Waals surface area contributed by atoms with Crippen LogP contribution in [-0.2, 0) is 0 Å². The quantitative estimate of drug-likeness (QED) is 0.761. The number of benzene rings is 1. The minimum Gasteiger partial charge on any atom is -0.538 e. The summed E-state index contributed by atoms with van der Waals surface area (Å²) in [5.41, 5.74) is 0.473. The summed E-state index contributed by atoms with van der Waals surface area (Å²) in [5.74, 6) is -1.17. The number of hydrogen-bond acceptors (Lipinski definition) is 5. The first-order chi connectivity index (χ1) is 10.2. The maximum absolute atomic E-state index is 12.5. The Balaban J connectivity index is 1.92. The van der Waals surface area contributed by atoms with Gasteiger partial charge in [0, 0.05) is 25.2 Å². The zero-order valence-corrected chi connectivity index (χ0v) is 11.3. The standard InChI is InChI=1S/C14H15N3O4/c18-11-6-8-16(9-7-11)13(19)12-14(20)21-15-17(12)10-4-2-1-3-5-10/h1-5,11,18H,6-9H2. The van der Waals surface area contributed by atoms with Crippen molar-refractivity contribution in [3.8, 4) is 11.6 Å². The topological polar surface area (TPSA) is 93.5 Å². The summed E-state index contributed by atoms with van der Waals surface area (Å²) in [4.78, 5) is 14.0. The lowest BCUT2D eigenvalue weighted by atomic mass is 10.1. The molecule has 0 atom stereocenters. The molecule has 1 saturated heterocycles. The van der Waals surface area contributed by atoms with Gasteiger partial charge in [0.05, 0.1) is 11.4 Å². The Morgan fingerprint density at radius 3 is 2.67 bits per heavy atom. The third-order valence-electron chi connectivity index (χ3n) is 3.57. The number of aliphatic hydroxyl groups is 1. The Morgan fingerprint density at radius 1 is 1.33 bits per heavy atom. The summed E-state index contributed by atoms with van der Waals surface area (Å²) in [6.45, 7) is 0.832. The van der Waals surface area contributed by atoms with E-state index in [2.05, 4.69) is 9.79 Å². The Kier molecular flexibility index (Phi) is 3.57. The van der Waals surface area contributed by atoms with Crippen molar-refractivity contribution in [1.29, 1.82) is 0 Å². The normalized spacial score (nSPS) is 16.1. The average Bonchev–Trinajstić information content (AvgIpc) is 2.90. The molecule has 7 heteroatoms. The van der Waals surface area contributed by atoms with Crippen LogP contribution in [0.5, 0.6) is 5.95 Å². The second-order valence-corrected chi connectivity index (χ2v) is 4.98. The summed E-state index contributed by atoms with van der Waals surface area (Å²) < 4.78 is 5.86. The van der Waals surface area contributed by atoms with Crippen LogP contribution in [0.25, 0.3) is 5.69 Å². The number of likely N-dealkylation sites (tertiary alicyclic amines) is 1. The van der Waals surface area contributed by atoms with Crippen LogP contribution in [0.4, 0.5) is 0 Å². The van der Waals surface area contributed by atoms with Crippen molar-refractivity contribution in [1.82, 2.24) is 10.2 Å². The fraction of sp³-hybridized carbons (Fsp3) is 0.357. The van der Waals surface area contributed by atoms with Gasteiger partial charge >= 0.3 is 11.6 Å². The molecule has 21 heavy (non-hydrogen) atoms. The van der Waals surface area contributed by atoms with E-state index in [1.54, 1.807) is 29.2 Å². The summed E-state index contributed by atoms with van der Waals surface area (Å²) in [5, 5.41) is 25.0. The lowest BCUT2D eigenvalue weighted by Crippen LogP contribution is -2.47. The third kappa shape index (κ3) is 2.59. The molecule has 0 saturated carbocycles. The molecule has 7 nitrogen and oxygen atoms in total. The van der Waals surface area contributed by atoms with Crippen LogP contribution in [0.3, 0.4) is 0 Å². The Bertz CT molecular complexity index is 633. The van der Waals surface area contributed by atoms with Gasteiger partial charge in [0.2, 0.25) is 5.69 Å². The first-order valence-electron chi connectivity index (χ1n) is 6.78. The molecular weight excluding hydrogens is 274 g/mol. The van der Waals surface area contributed by atoms with Crippen LogP contribution in [0, 0.1) is 0 Å². The SMILES string of the molecule is O=C(c1c([O-])on[n+]1-c1ccccc1)N1CCC(O)CC1. The maximum Gasteiger partial charge on any atom is 0.327 e. The fourth-order valence-electron chi connectivity index (χ4n) is 2.39. The van der Waals surface area contributed by atoms with Gasteiger partial charge in [-0.2, -0.15) is 0 Å². The van der Waals surface area contributed by atoms with Crippen LogP contribution in [-0.4, -0.2) is 40.4 Å². The highest BCUT2D eigenvalue weighted by Crippen LogP contribution is 2.17. The smallest absolute Gasteiger partial charge is 0.327 e. The molecule has 1 fully saturated rings. The van der Waals surface area contributed by atoms with Gasteiger partial charge in [-0.05, 0) is 17.5 Å². The van der Waals surface area contributed by atoms with E-state index in [1.807, 2.05) is 6.07 Å². The highest BCUT2D eigenvalue weighted by Gasteiger charge is 2.33. The maximum atomic E-state index is 12.5. The zero-order valence-electron chi connectivity index (χ0n) is 11.3. The molecule has 0 aliphatic carbocycles. The molecule has 1 aromatic carbocycles. The van der Waals surface area contributed by atoms with E-state index in [4.69, 9.17) is 0 Å². The first kappa shape index (κ1) is 13.6. The molecule has 1 aliphatic heterocycles. The molecule has 0 spiro atoms. The van der Waals surface area contributed by atoms with Crippen LogP contribution in [0.15, 0.2) is 34.9 Å². The number of hydrogen-bond donors (Lipinski definition) is 1. The summed E-state index contributed by atoms with van der Waals surface area (Å²) in [7, 11) is 0. The van der Waals surface area contributed by atoms with Gasteiger partial charge in [0.15, 0.2) is 5.95 Å². The molecule has 0 bridgehead atoms. The minimum atomic E-state index is -0.755. The number of aliphatic hydroxyl groups excluding tert-OH is 1. The molecule has 110 valence electrons. The molecule has 3 rings (SSSR count). The van der Waals surface area contributed by atoms with E-state index in [9.17, 15) is 15.0 Å². The number of carbonyl (C=O) groups excluding carboxylic acids is 1. The molecule has 0 unspecified atom stereocenters. The number of nitrogens with zero attached hydrogens (tertiary/aromatic N) is 3. The van der Waals surface area contributed by atoms with E-state index >= 15 is 0 Å². The van der Waals surface area contributed by atoms with Gasteiger partial charge in [-0.1, -0.05) is 18.2 Å². The van der Waals surface area contributed by atoms with E-state index in [1.165, 1.54) is 4.68 Å². The van der Waals surface area contributed by atoms with Crippen molar-refractivity contribution in [3.05, 3.63) is 36.0 Å². The summed E-state index contributed by atoms with van der Waals surface area (Å²) in [6, 6.07) is 8.87. The van der Waals surface area contributed by atoms with Crippen molar-refractivity contribution < 1.29 is 24.2 Å². The van der Waals surface area contributed by atoms with E-state index in [0.29, 0.717) is 31.6 Å². The van der Waals surface area contributed by atoms with Crippen molar-refractivity contribution >= 4 is 5.91 Å². The molecule has 1 N–H and O–H groups in total. The monoisotopic (exact) mass is 289 g/mol. The molecule has 1 aliphatic rings. The van der Waals surface area contributed by atoms with Gasteiger partial charge in [0.25, 0.3) is 0 Å². The second kappa shape index (κ2) is 5.53. The summed E-state index contributed by atoms with van der Waals surface area (Å²) >= 11 is 0. The van der Waals surface area contributed by atoms with Gasteiger partial charge in [0.1, 0.15) is 0 Å². The van der Waals surface area contributed by atoms with Gasteiger partial charge in [-0.25, -0.2) is 0 Å². The Hall–Kier alpha value is -2.41. The van der Waals surface area contributed by atoms with Crippen LogP contribution in [0.2, 0.25) is 0 Å². The van der Waals surface area contributed by atoms with Gasteiger partial charge < -0.3 is 19.6 Å². The molecular formula is C14H15N3O4. The highest BCUT2D eigenvalue weighted by atomic mass is 16.6. The Morgan fingerprint density at radius 2 is 2.00 bits per heavy atom. The fourth-order valence-corrected chi connectivity index (χ4v) is 2.39. The predicted octanol–water partition coefficient (Wildman–Crippen LogP) is -0.378. The average molecular weight is 289 g/mol. The number of carbonyl (C=O) groups is 1. The number of amides is 1. The largest absolute Gasteiger partial charge is 0.538 e. The number of aromatic nitrogens is 2. The zero-order chi connectivity index (χ0) is 14.8. The van der Waals surface area contributed by atoms with E-state index in [0.717, 1.165) is 0 Å². The van der Waals surface area contributed by atoms with E-state index < -0.39 is 11.9 Å². The van der Waals surface area contributed by atoms with Crippen molar-refractivity contribution in [2.45, 2.75) is 18.9 Å². The molecule has 2 aromatic rings. The Labute approximate surface area is 121 Å². The summed E-state index contributed by atoms with van der Waals surface area (Å²) in [6.07, 6.45) is 0.636. The molecule has 1 amide bonds. The lowest BCUT2D eigenvalue weighted by molar-refractivity contribution is -0.672. The lowest BCUT2D eigenvalue weighted by Gasteiger charge is -2.28. The highest BCUT2D eigenvalue weighted by molar-refractivity contribution is 5.92. The first-order valence-corrected chi connectivity index (χ1v) is 6.78. The van der Waals surface area contributed by atoms with Crippen LogP contribution < -0.4 is 9.79 Å². The number of rotatable bonds is 2. The van der Waals surface area contributed by atoms with Gasteiger partial charge in [-0.15, -0.1) is 0 Å². The second-order valence-electron chi connectivity index (χ2n) is 4.98. The van der Waals surface area contributed by atoms with Crippen molar-refractivity contribution in [2.75, 3.05) is 13.1 Å². The molecule has 0 radical (unpaired) electrons.